The van der Waals surface area contributed by atoms with Gasteiger partial charge in [0.2, 0.25) is 0 Å². The van der Waals surface area contributed by atoms with E-state index in [2.05, 4.69) is 84.4 Å². The minimum atomic E-state index is -2.06. The maximum Gasteiger partial charge on any atom is 0.381 e. The lowest BCUT2D eigenvalue weighted by atomic mass is 9.91. The minimum absolute atomic E-state index is 0.00635. The number of carboxylic acids is 1. The Hall–Kier alpha value is -2.25. The van der Waals surface area contributed by atoms with Crippen molar-refractivity contribution in [3.05, 3.63) is 60.3 Å². The van der Waals surface area contributed by atoms with Crippen LogP contribution in [0.3, 0.4) is 0 Å². The molecule has 0 aliphatic carbocycles. The van der Waals surface area contributed by atoms with Crippen LogP contribution in [0, 0.1) is 17.8 Å². The second-order valence-corrected chi connectivity index (χ2v) is 18.9. The number of aliphatic hydroxyl groups excluding tert-OH is 1. The average molecular weight is 643 g/mol. The molecule has 2 aliphatic rings. The average Bonchev–Trinajstić information content (AvgIpc) is 2.92. The normalized spacial score (nSPS) is 23.7. The third kappa shape index (κ3) is 14.8. The summed E-state index contributed by atoms with van der Waals surface area (Å²) in [5.74, 6) is 4.08. The second-order valence-electron chi connectivity index (χ2n) is 14.1. The van der Waals surface area contributed by atoms with Gasteiger partial charge in [0.05, 0.1) is 37.1 Å². The molecule has 2 N–H and O–H groups in total. The van der Waals surface area contributed by atoms with Gasteiger partial charge in [0, 0.05) is 19.5 Å². The zero-order chi connectivity index (χ0) is 33.6. The summed E-state index contributed by atoms with van der Waals surface area (Å²) in [6.07, 6.45) is 17.8. The molecule has 2 aliphatic heterocycles. The Morgan fingerprint density at radius 3 is 2.64 bits per heavy atom. The first-order chi connectivity index (χ1) is 21.1. The lowest BCUT2D eigenvalue weighted by Gasteiger charge is -2.39. The van der Waals surface area contributed by atoms with Crippen LogP contribution in [0.1, 0.15) is 79.6 Å². The van der Waals surface area contributed by atoms with Crippen molar-refractivity contribution in [2.45, 2.75) is 134 Å². The van der Waals surface area contributed by atoms with Gasteiger partial charge in [0.15, 0.2) is 8.32 Å². The highest BCUT2D eigenvalue weighted by Crippen LogP contribution is 2.38. The largest absolute Gasteiger partial charge is 0.472 e. The summed E-state index contributed by atoms with van der Waals surface area (Å²) in [5.41, 5.74) is 2.44. The summed E-state index contributed by atoms with van der Waals surface area (Å²) in [4.78, 5) is 10.7. The Morgan fingerprint density at radius 1 is 1.27 bits per heavy atom. The van der Waals surface area contributed by atoms with E-state index in [0.717, 1.165) is 31.3 Å². The van der Waals surface area contributed by atoms with Crippen molar-refractivity contribution in [2.75, 3.05) is 13.7 Å². The van der Waals surface area contributed by atoms with E-state index < -0.39 is 26.5 Å². The Kier molecular flexibility index (Phi) is 16.2. The molecule has 0 bridgehead atoms. The van der Waals surface area contributed by atoms with E-state index in [-0.39, 0.29) is 29.5 Å². The number of hydrogen-bond donors (Lipinski definition) is 2. The second kappa shape index (κ2) is 18.8. The van der Waals surface area contributed by atoms with Crippen molar-refractivity contribution in [1.29, 1.82) is 0 Å². The highest BCUT2D eigenvalue weighted by atomic mass is 28.4. The third-order valence-corrected chi connectivity index (χ3v) is 13.3. The Labute approximate surface area is 273 Å². The molecule has 252 valence electrons. The summed E-state index contributed by atoms with van der Waals surface area (Å²) >= 11 is 0. The van der Waals surface area contributed by atoms with E-state index in [4.69, 9.17) is 23.7 Å². The highest BCUT2D eigenvalue weighted by Gasteiger charge is 2.39. The molecule has 8 heteroatoms. The number of carbonyl (C=O) groups is 1. The molecule has 0 amide bonds. The Balaban J connectivity index is 1.98. The maximum atomic E-state index is 10.9. The number of aliphatic carboxylic acids is 1. The number of carboxylic acid groups (broad SMARTS) is 1. The van der Waals surface area contributed by atoms with Gasteiger partial charge in [0.25, 0.3) is 0 Å². The van der Waals surface area contributed by atoms with Crippen molar-refractivity contribution < 1.29 is 33.6 Å². The van der Waals surface area contributed by atoms with E-state index in [0.29, 0.717) is 31.8 Å². The molecule has 7 atom stereocenters. The van der Waals surface area contributed by atoms with Gasteiger partial charge < -0.3 is 28.8 Å². The van der Waals surface area contributed by atoms with E-state index >= 15 is 0 Å². The van der Waals surface area contributed by atoms with Crippen LogP contribution >= 0.6 is 0 Å². The van der Waals surface area contributed by atoms with Gasteiger partial charge in [0.1, 0.15) is 6.10 Å². The van der Waals surface area contributed by atoms with E-state index in [9.17, 15) is 9.90 Å². The topological polar surface area (TPSA) is 94.5 Å². The molecule has 0 aromatic carbocycles. The quantitative estimate of drug-likeness (QED) is 0.102. The smallest absolute Gasteiger partial charge is 0.381 e. The lowest BCUT2D eigenvalue weighted by molar-refractivity contribution is -0.130. The van der Waals surface area contributed by atoms with E-state index in [1.165, 1.54) is 5.57 Å². The van der Waals surface area contributed by atoms with E-state index in [1.807, 2.05) is 24.3 Å². The Bertz CT molecular complexity index is 1130. The fraction of sp³-hybridized carbons (Fsp3) is 0.649. The molecular formula is C37H58O7Si. The minimum Gasteiger partial charge on any atom is -0.472 e. The monoisotopic (exact) mass is 642 g/mol. The van der Waals surface area contributed by atoms with Crippen molar-refractivity contribution >= 4 is 14.3 Å². The van der Waals surface area contributed by atoms with Crippen molar-refractivity contribution in [2.24, 2.45) is 5.92 Å². The zero-order valence-electron chi connectivity index (χ0n) is 28.9. The third-order valence-electron chi connectivity index (χ3n) is 8.82. The van der Waals surface area contributed by atoms with Crippen LogP contribution in [0.2, 0.25) is 18.1 Å². The standard InChI is InChI=1S/C37H58O7Si/c1-27-21-22-42-31(24-27)19-20-35(41-7)34(38)17-11-16-33(44-45(8,9)37(4,5)6)26-29(3)23-28(2)25-32-15-10-13-30(43-32)14-12-18-36(39)40/h10-11,13,16,19-21,28,30-35,38H,3,14-15,17,22-26H2,1-2,4-9H3,(H,39,40)/b16-11+,20-19+/t28-,30-,31+,32-,33?,34-,35?/m0/s1. The summed E-state index contributed by atoms with van der Waals surface area (Å²) in [7, 11) is -0.447. The van der Waals surface area contributed by atoms with Gasteiger partial charge in [-0.3, -0.25) is 0 Å². The molecule has 45 heavy (non-hydrogen) atoms. The molecule has 7 nitrogen and oxygen atoms in total. The van der Waals surface area contributed by atoms with Crippen molar-refractivity contribution in [3.63, 3.8) is 0 Å². The molecule has 2 heterocycles. The van der Waals surface area contributed by atoms with Gasteiger partial charge in [-0.25, -0.2) is 4.79 Å². The maximum absolute atomic E-state index is 10.9. The first-order valence-corrected chi connectivity index (χ1v) is 19.2. The van der Waals surface area contributed by atoms with Gasteiger partial charge in [-0.15, -0.1) is 0 Å². The summed E-state index contributed by atoms with van der Waals surface area (Å²) < 4.78 is 24.4. The molecule has 0 aromatic heterocycles. The lowest BCUT2D eigenvalue weighted by Crippen LogP contribution is -2.43. The fourth-order valence-electron chi connectivity index (χ4n) is 5.32. The predicted molar refractivity (Wildman–Crippen MR) is 184 cm³/mol. The number of rotatable bonds is 16. The molecule has 0 fully saturated rings. The SMILES string of the molecule is C=C(CC(/C=C/C[C@H](O)C(/C=C/[C@@H]1CC(C)=CCO1)OC)O[Si](C)(C)C(C)(C)C)C[C@H](C)C[C@@H]1CC=C[C@@H](CC#CC(=O)O)O1. The van der Waals surface area contributed by atoms with Crippen LogP contribution in [0.15, 0.2) is 60.3 Å². The van der Waals surface area contributed by atoms with Crippen molar-refractivity contribution in [3.8, 4) is 11.8 Å². The summed E-state index contributed by atoms with van der Waals surface area (Å²) in [5, 5.41) is 19.8. The number of methoxy groups -OCH3 is 1. The van der Waals surface area contributed by atoms with Crippen LogP contribution in [0.5, 0.6) is 0 Å². The number of ether oxygens (including phenoxy) is 3. The molecule has 2 unspecified atom stereocenters. The first-order valence-electron chi connectivity index (χ1n) is 16.3. The number of hydrogen-bond acceptors (Lipinski definition) is 6. The molecule has 0 aromatic rings. The Morgan fingerprint density at radius 2 is 2.00 bits per heavy atom. The predicted octanol–water partition coefficient (Wildman–Crippen LogP) is 7.54. The summed E-state index contributed by atoms with van der Waals surface area (Å²) in [6.45, 7) is 20.6. The van der Waals surface area contributed by atoms with Crippen LogP contribution in [-0.2, 0) is 23.4 Å². The van der Waals surface area contributed by atoms with Crippen LogP contribution in [0.25, 0.3) is 0 Å². The van der Waals surface area contributed by atoms with Gasteiger partial charge >= 0.3 is 5.97 Å². The highest BCUT2D eigenvalue weighted by molar-refractivity contribution is 6.74. The van der Waals surface area contributed by atoms with Crippen LogP contribution in [-0.4, -0.2) is 74.8 Å². The zero-order valence-corrected chi connectivity index (χ0v) is 29.9. The molecule has 0 radical (unpaired) electrons. The van der Waals surface area contributed by atoms with Gasteiger partial charge in [-0.2, -0.15) is 0 Å². The van der Waals surface area contributed by atoms with Crippen LogP contribution < -0.4 is 0 Å². The molecule has 0 saturated heterocycles. The van der Waals surface area contributed by atoms with Gasteiger partial charge in [-0.05, 0) is 69.5 Å². The number of aliphatic hydroxyl groups is 1. The molecule has 0 spiro atoms. The molecule has 2 rings (SSSR count). The molecule has 0 saturated carbocycles. The van der Waals surface area contributed by atoms with Crippen molar-refractivity contribution in [1.82, 2.24) is 0 Å². The van der Waals surface area contributed by atoms with E-state index in [1.54, 1.807) is 7.11 Å². The molecular weight excluding hydrogens is 584 g/mol. The first kappa shape index (κ1) is 38.9. The summed E-state index contributed by atoms with van der Waals surface area (Å²) in [6, 6.07) is 0. The van der Waals surface area contributed by atoms with Crippen LogP contribution in [0.4, 0.5) is 0 Å². The fourth-order valence-corrected chi connectivity index (χ4v) is 6.59. The van der Waals surface area contributed by atoms with Gasteiger partial charge in [-0.1, -0.05) is 93.9 Å².